The van der Waals surface area contributed by atoms with Crippen molar-refractivity contribution < 1.29 is 9.53 Å². The summed E-state index contributed by atoms with van der Waals surface area (Å²) in [5.41, 5.74) is 6.51. The maximum absolute atomic E-state index is 11.0. The summed E-state index contributed by atoms with van der Waals surface area (Å²) in [6, 6.07) is 4.52. The molecular formula is C10H12Cl3NO2. The third kappa shape index (κ3) is 4.58. The monoisotopic (exact) mass is 283 g/mol. The highest BCUT2D eigenvalue weighted by Crippen LogP contribution is 2.24. The number of hydrogen-bond acceptors (Lipinski definition) is 3. The summed E-state index contributed by atoms with van der Waals surface area (Å²) < 4.78 is 4.52. The largest absolute Gasteiger partial charge is 0.469 e. The highest BCUT2D eigenvalue weighted by Gasteiger charge is 2.12. The first-order valence-corrected chi connectivity index (χ1v) is 5.07. The third-order valence-corrected chi connectivity index (χ3v) is 2.36. The second-order valence-corrected chi connectivity index (χ2v) is 3.96. The standard InChI is InChI=1S/C10H11Cl2NO2.ClH/c1-15-10(14)5-9(13)6-2-7(11)4-8(12)3-6;/h2-4,9H,5,13H2,1H3;1H/t9-;/m1./s1. The van der Waals surface area contributed by atoms with Crippen LogP contribution in [0.2, 0.25) is 10.0 Å². The molecule has 0 bridgehead atoms. The number of ether oxygens (including phenoxy) is 1. The number of methoxy groups -OCH3 is 1. The van der Waals surface area contributed by atoms with Gasteiger partial charge < -0.3 is 10.5 Å². The van der Waals surface area contributed by atoms with E-state index in [1.54, 1.807) is 18.2 Å². The van der Waals surface area contributed by atoms with Gasteiger partial charge in [-0.05, 0) is 23.8 Å². The smallest absolute Gasteiger partial charge is 0.307 e. The molecule has 1 atom stereocenters. The van der Waals surface area contributed by atoms with Crippen LogP contribution in [0.4, 0.5) is 0 Å². The fourth-order valence-corrected chi connectivity index (χ4v) is 1.71. The number of halogens is 3. The first-order valence-electron chi connectivity index (χ1n) is 4.31. The Bertz CT molecular complexity index is 351. The van der Waals surface area contributed by atoms with Crippen molar-refractivity contribution in [2.75, 3.05) is 7.11 Å². The highest BCUT2D eigenvalue weighted by molar-refractivity contribution is 6.34. The van der Waals surface area contributed by atoms with Crippen LogP contribution in [0.5, 0.6) is 0 Å². The molecule has 0 unspecified atom stereocenters. The van der Waals surface area contributed by atoms with Crippen LogP contribution in [-0.4, -0.2) is 13.1 Å². The van der Waals surface area contributed by atoms with Gasteiger partial charge in [0.25, 0.3) is 0 Å². The Labute approximate surface area is 110 Å². The Hall–Kier alpha value is -0.480. The quantitative estimate of drug-likeness (QED) is 0.868. The zero-order valence-electron chi connectivity index (χ0n) is 8.57. The molecule has 1 aromatic rings. The molecular weight excluding hydrogens is 272 g/mol. The van der Waals surface area contributed by atoms with Crippen molar-refractivity contribution in [2.24, 2.45) is 5.73 Å². The molecule has 0 aromatic heterocycles. The Kier molecular flexibility index (Phi) is 6.76. The lowest BCUT2D eigenvalue weighted by Gasteiger charge is -2.11. The van der Waals surface area contributed by atoms with Crippen molar-refractivity contribution in [1.82, 2.24) is 0 Å². The van der Waals surface area contributed by atoms with Gasteiger partial charge in [-0.1, -0.05) is 23.2 Å². The molecule has 0 saturated carbocycles. The maximum atomic E-state index is 11.0. The summed E-state index contributed by atoms with van der Waals surface area (Å²) in [6.45, 7) is 0. The molecule has 0 heterocycles. The first-order chi connectivity index (χ1) is 7.02. The van der Waals surface area contributed by atoms with Crippen molar-refractivity contribution in [1.29, 1.82) is 0 Å². The molecule has 0 aliphatic heterocycles. The van der Waals surface area contributed by atoms with Gasteiger partial charge in [-0.25, -0.2) is 0 Å². The van der Waals surface area contributed by atoms with Gasteiger partial charge in [-0.2, -0.15) is 0 Å². The average Bonchev–Trinajstić information content (AvgIpc) is 2.16. The molecule has 6 heteroatoms. The molecule has 0 radical (unpaired) electrons. The second-order valence-electron chi connectivity index (χ2n) is 3.09. The van der Waals surface area contributed by atoms with Gasteiger partial charge in [-0.3, -0.25) is 4.79 Å². The summed E-state index contributed by atoms with van der Waals surface area (Å²) in [5, 5.41) is 0.996. The zero-order chi connectivity index (χ0) is 11.4. The van der Waals surface area contributed by atoms with E-state index in [1.807, 2.05) is 0 Å². The lowest BCUT2D eigenvalue weighted by molar-refractivity contribution is -0.141. The molecule has 0 aliphatic rings. The van der Waals surface area contributed by atoms with E-state index in [-0.39, 0.29) is 24.8 Å². The average molecular weight is 285 g/mol. The normalized spacial score (nSPS) is 11.5. The van der Waals surface area contributed by atoms with Crippen molar-refractivity contribution in [3.8, 4) is 0 Å². The van der Waals surface area contributed by atoms with Gasteiger partial charge in [0, 0.05) is 16.1 Å². The number of carbonyl (C=O) groups is 1. The van der Waals surface area contributed by atoms with Gasteiger partial charge in [0.05, 0.1) is 13.5 Å². The lowest BCUT2D eigenvalue weighted by Crippen LogP contribution is -2.16. The summed E-state index contributed by atoms with van der Waals surface area (Å²) in [5.74, 6) is -0.362. The van der Waals surface area contributed by atoms with Gasteiger partial charge in [0.1, 0.15) is 0 Å². The number of carbonyl (C=O) groups excluding carboxylic acids is 1. The lowest BCUT2D eigenvalue weighted by atomic mass is 10.1. The zero-order valence-corrected chi connectivity index (χ0v) is 10.9. The van der Waals surface area contributed by atoms with Crippen molar-refractivity contribution >= 4 is 41.6 Å². The Morgan fingerprint density at radius 1 is 1.38 bits per heavy atom. The summed E-state index contributed by atoms with van der Waals surface area (Å²) in [6.07, 6.45) is 0.104. The van der Waals surface area contributed by atoms with E-state index in [2.05, 4.69) is 4.74 Å². The Balaban J connectivity index is 0.00000225. The first kappa shape index (κ1) is 15.5. The van der Waals surface area contributed by atoms with E-state index in [0.29, 0.717) is 10.0 Å². The SMILES string of the molecule is COC(=O)C[C@@H](N)c1cc(Cl)cc(Cl)c1.Cl. The molecule has 3 nitrogen and oxygen atoms in total. The van der Waals surface area contributed by atoms with Crippen LogP contribution in [0.3, 0.4) is 0 Å². The van der Waals surface area contributed by atoms with E-state index >= 15 is 0 Å². The van der Waals surface area contributed by atoms with Gasteiger partial charge >= 0.3 is 5.97 Å². The molecule has 90 valence electrons. The van der Waals surface area contributed by atoms with Crippen LogP contribution in [0.15, 0.2) is 18.2 Å². The van der Waals surface area contributed by atoms with Crippen molar-refractivity contribution in [3.05, 3.63) is 33.8 Å². The fourth-order valence-electron chi connectivity index (χ4n) is 1.17. The minimum Gasteiger partial charge on any atom is -0.469 e. The van der Waals surface area contributed by atoms with E-state index in [4.69, 9.17) is 28.9 Å². The van der Waals surface area contributed by atoms with Crippen LogP contribution in [0, 0.1) is 0 Å². The van der Waals surface area contributed by atoms with Crippen LogP contribution in [0.25, 0.3) is 0 Å². The Morgan fingerprint density at radius 3 is 2.31 bits per heavy atom. The second kappa shape index (κ2) is 6.97. The van der Waals surface area contributed by atoms with Crippen LogP contribution >= 0.6 is 35.6 Å². The highest BCUT2D eigenvalue weighted by atomic mass is 35.5. The van der Waals surface area contributed by atoms with E-state index in [9.17, 15) is 4.79 Å². The minimum atomic E-state index is -0.450. The van der Waals surface area contributed by atoms with Crippen LogP contribution in [-0.2, 0) is 9.53 Å². The van der Waals surface area contributed by atoms with Crippen LogP contribution in [0.1, 0.15) is 18.0 Å². The predicted octanol–water partition coefficient (Wildman–Crippen LogP) is 2.98. The Morgan fingerprint density at radius 2 is 1.88 bits per heavy atom. The third-order valence-electron chi connectivity index (χ3n) is 1.93. The van der Waals surface area contributed by atoms with E-state index in [1.165, 1.54) is 7.11 Å². The topological polar surface area (TPSA) is 52.3 Å². The number of benzene rings is 1. The number of rotatable bonds is 3. The number of hydrogen-bond donors (Lipinski definition) is 1. The molecule has 1 aromatic carbocycles. The van der Waals surface area contributed by atoms with Crippen molar-refractivity contribution in [2.45, 2.75) is 12.5 Å². The van der Waals surface area contributed by atoms with Crippen LogP contribution < -0.4 is 5.73 Å². The maximum Gasteiger partial charge on any atom is 0.307 e. The summed E-state index contributed by atoms with van der Waals surface area (Å²) in [7, 11) is 1.32. The fraction of sp³-hybridized carbons (Fsp3) is 0.300. The van der Waals surface area contributed by atoms with Gasteiger partial charge in [-0.15, -0.1) is 12.4 Å². The van der Waals surface area contributed by atoms with Gasteiger partial charge in [0.15, 0.2) is 0 Å². The summed E-state index contributed by atoms with van der Waals surface area (Å²) in [4.78, 5) is 11.0. The predicted molar refractivity (Wildman–Crippen MR) is 67.3 cm³/mol. The van der Waals surface area contributed by atoms with Crippen molar-refractivity contribution in [3.63, 3.8) is 0 Å². The molecule has 0 fully saturated rings. The molecule has 1 rings (SSSR count). The van der Waals surface area contributed by atoms with E-state index in [0.717, 1.165) is 5.56 Å². The molecule has 0 aliphatic carbocycles. The van der Waals surface area contributed by atoms with E-state index < -0.39 is 6.04 Å². The number of esters is 1. The minimum absolute atomic E-state index is 0. The molecule has 0 amide bonds. The number of nitrogens with two attached hydrogens (primary N) is 1. The molecule has 0 saturated heterocycles. The van der Waals surface area contributed by atoms with Gasteiger partial charge in [0.2, 0.25) is 0 Å². The molecule has 0 spiro atoms. The summed E-state index contributed by atoms with van der Waals surface area (Å²) >= 11 is 11.6. The molecule has 16 heavy (non-hydrogen) atoms. The molecule has 2 N–H and O–H groups in total.